The molecule has 2 aromatic carbocycles. The number of aliphatic hydroxyl groups excluding tert-OH is 1. The van der Waals surface area contributed by atoms with E-state index < -0.39 is 6.04 Å². The lowest BCUT2D eigenvalue weighted by atomic mass is 10.0. The lowest BCUT2D eigenvalue weighted by Gasteiger charge is -2.33. The fourth-order valence-corrected chi connectivity index (χ4v) is 3.80. The first-order valence-electron chi connectivity index (χ1n) is 9.19. The molecule has 0 spiro atoms. The molecule has 1 aliphatic heterocycles. The van der Waals surface area contributed by atoms with Crippen molar-refractivity contribution in [3.8, 4) is 0 Å². The Morgan fingerprint density at radius 2 is 1.89 bits per heavy atom. The van der Waals surface area contributed by atoms with Gasteiger partial charge in [-0.15, -0.1) is 0 Å². The van der Waals surface area contributed by atoms with Crippen LogP contribution in [-0.2, 0) is 4.79 Å². The average Bonchev–Trinajstić information content (AvgIpc) is 3.10. The smallest absolute Gasteiger partial charge is 0.244 e. The Kier molecular flexibility index (Phi) is 6.65. The van der Waals surface area contributed by atoms with Gasteiger partial charge in [-0.25, -0.2) is 0 Å². The quantitative estimate of drug-likeness (QED) is 0.737. The van der Waals surface area contributed by atoms with Crippen LogP contribution in [0.1, 0.15) is 29.6 Å². The van der Waals surface area contributed by atoms with Crippen LogP contribution in [0.2, 0.25) is 0 Å². The molecule has 0 aromatic heterocycles. The summed E-state index contributed by atoms with van der Waals surface area (Å²) in [7, 11) is 1.81. The van der Waals surface area contributed by atoms with Gasteiger partial charge in [0.05, 0.1) is 12.1 Å². The number of hydrogen-bond donors (Lipinski definition) is 2. The minimum atomic E-state index is -0.710. The summed E-state index contributed by atoms with van der Waals surface area (Å²) >= 11 is 3.41. The Balaban J connectivity index is 1.79. The summed E-state index contributed by atoms with van der Waals surface area (Å²) in [4.78, 5) is 17.1. The fourth-order valence-electron chi connectivity index (χ4n) is 3.53. The normalized spacial score (nSPS) is 19.6. The van der Waals surface area contributed by atoms with Gasteiger partial charge in [0.2, 0.25) is 5.91 Å². The van der Waals surface area contributed by atoms with Crippen LogP contribution in [0, 0.1) is 0 Å². The SMILES string of the molecule is CN(C(=O)C(N)c1ccc(Br)cc1)C(CN1CCC(O)C1)c1ccccc1. The van der Waals surface area contributed by atoms with Crippen LogP contribution in [0.5, 0.6) is 0 Å². The zero-order valence-electron chi connectivity index (χ0n) is 15.5. The van der Waals surface area contributed by atoms with E-state index in [1.54, 1.807) is 4.90 Å². The number of nitrogens with zero attached hydrogens (tertiary/aromatic N) is 2. The number of aliphatic hydroxyl groups is 1. The molecule has 0 radical (unpaired) electrons. The first-order valence-corrected chi connectivity index (χ1v) is 9.98. The van der Waals surface area contributed by atoms with Crippen LogP contribution in [-0.4, -0.2) is 53.6 Å². The standard InChI is InChI=1S/C21H26BrN3O2/c1-24(21(27)20(23)16-7-9-17(22)10-8-16)19(15-5-3-2-4-6-15)14-25-12-11-18(26)13-25/h2-10,18-20,26H,11-14,23H2,1H3. The van der Waals surface area contributed by atoms with Gasteiger partial charge < -0.3 is 15.7 Å². The Labute approximate surface area is 168 Å². The van der Waals surface area contributed by atoms with Gasteiger partial charge in [-0.05, 0) is 29.7 Å². The van der Waals surface area contributed by atoms with Crippen molar-refractivity contribution in [3.63, 3.8) is 0 Å². The molecule has 1 heterocycles. The van der Waals surface area contributed by atoms with Crippen molar-refractivity contribution in [2.45, 2.75) is 24.6 Å². The first kappa shape index (κ1) is 20.0. The molecule has 2 aromatic rings. The molecule has 3 unspecified atom stereocenters. The number of carbonyl (C=O) groups excluding carboxylic acids is 1. The van der Waals surface area contributed by atoms with Crippen LogP contribution in [0.3, 0.4) is 0 Å². The summed E-state index contributed by atoms with van der Waals surface area (Å²) in [6.45, 7) is 2.16. The number of amides is 1. The number of nitrogens with two attached hydrogens (primary N) is 1. The van der Waals surface area contributed by atoms with Crippen molar-refractivity contribution >= 4 is 21.8 Å². The molecular weight excluding hydrogens is 406 g/mol. The van der Waals surface area contributed by atoms with Crippen molar-refractivity contribution in [2.24, 2.45) is 5.73 Å². The summed E-state index contributed by atoms with van der Waals surface area (Å²) in [5.74, 6) is -0.120. The third kappa shape index (κ3) is 4.96. The van der Waals surface area contributed by atoms with Crippen LogP contribution < -0.4 is 5.73 Å². The van der Waals surface area contributed by atoms with Gasteiger partial charge in [-0.2, -0.15) is 0 Å². The van der Waals surface area contributed by atoms with Crippen LogP contribution >= 0.6 is 15.9 Å². The molecule has 1 fully saturated rings. The number of halogens is 1. The minimum absolute atomic E-state index is 0.120. The third-order valence-corrected chi connectivity index (χ3v) is 5.70. The molecule has 1 saturated heterocycles. The van der Waals surface area contributed by atoms with Crippen LogP contribution in [0.25, 0.3) is 0 Å². The predicted octanol–water partition coefficient (Wildman–Crippen LogP) is 2.72. The van der Waals surface area contributed by atoms with Gasteiger partial charge in [0, 0.05) is 31.2 Å². The summed E-state index contributed by atoms with van der Waals surface area (Å²) < 4.78 is 0.953. The monoisotopic (exact) mass is 431 g/mol. The molecule has 1 amide bonds. The van der Waals surface area contributed by atoms with Crippen molar-refractivity contribution in [1.29, 1.82) is 0 Å². The molecule has 3 rings (SSSR count). The molecule has 3 atom stereocenters. The highest BCUT2D eigenvalue weighted by Crippen LogP contribution is 2.26. The summed E-state index contributed by atoms with van der Waals surface area (Å²) in [5, 5.41) is 9.84. The molecule has 0 bridgehead atoms. The maximum absolute atomic E-state index is 13.1. The highest BCUT2D eigenvalue weighted by atomic mass is 79.9. The van der Waals surface area contributed by atoms with E-state index in [-0.39, 0.29) is 18.1 Å². The van der Waals surface area contributed by atoms with Crippen LogP contribution in [0.4, 0.5) is 0 Å². The van der Waals surface area contributed by atoms with Crippen molar-refractivity contribution < 1.29 is 9.90 Å². The van der Waals surface area contributed by atoms with Crippen molar-refractivity contribution in [3.05, 3.63) is 70.2 Å². The highest BCUT2D eigenvalue weighted by Gasteiger charge is 2.30. The number of β-amino-alcohol motifs (C(OH)–C–C–N with tert-alkyl or cyclic N) is 1. The van der Waals surface area contributed by atoms with E-state index in [2.05, 4.69) is 20.8 Å². The van der Waals surface area contributed by atoms with Crippen molar-refractivity contribution in [1.82, 2.24) is 9.80 Å². The molecule has 1 aliphatic rings. The maximum Gasteiger partial charge on any atom is 0.244 e. The number of rotatable bonds is 6. The number of benzene rings is 2. The van der Waals surface area contributed by atoms with Crippen LogP contribution in [0.15, 0.2) is 59.1 Å². The molecule has 27 heavy (non-hydrogen) atoms. The second kappa shape index (κ2) is 8.97. The molecule has 5 nitrogen and oxygen atoms in total. The average molecular weight is 432 g/mol. The summed E-state index contributed by atoms with van der Waals surface area (Å²) in [6.07, 6.45) is 0.491. The molecule has 3 N–H and O–H groups in total. The zero-order valence-corrected chi connectivity index (χ0v) is 17.0. The number of likely N-dealkylation sites (tertiary alicyclic amines) is 1. The topological polar surface area (TPSA) is 69.8 Å². The summed E-state index contributed by atoms with van der Waals surface area (Å²) in [6, 6.07) is 16.7. The number of likely N-dealkylation sites (N-methyl/N-ethyl adjacent to an activating group) is 1. The van der Waals surface area contributed by atoms with E-state index in [4.69, 9.17) is 5.73 Å². The van der Waals surface area contributed by atoms with Gasteiger partial charge >= 0.3 is 0 Å². The van der Waals surface area contributed by atoms with Gasteiger partial charge in [0.1, 0.15) is 6.04 Å². The molecule has 0 saturated carbocycles. The highest BCUT2D eigenvalue weighted by molar-refractivity contribution is 9.10. The first-order chi connectivity index (χ1) is 13.0. The number of carbonyl (C=O) groups is 1. The second-order valence-electron chi connectivity index (χ2n) is 7.11. The van der Waals surface area contributed by atoms with E-state index in [1.807, 2.05) is 61.6 Å². The Hall–Kier alpha value is -1.73. The molecular formula is C21H26BrN3O2. The van der Waals surface area contributed by atoms with E-state index in [9.17, 15) is 9.90 Å². The Morgan fingerprint density at radius 1 is 1.22 bits per heavy atom. The van der Waals surface area contributed by atoms with E-state index >= 15 is 0 Å². The Morgan fingerprint density at radius 3 is 2.48 bits per heavy atom. The maximum atomic E-state index is 13.1. The van der Waals surface area contributed by atoms with E-state index in [1.165, 1.54) is 0 Å². The minimum Gasteiger partial charge on any atom is -0.392 e. The van der Waals surface area contributed by atoms with E-state index in [0.29, 0.717) is 13.1 Å². The lowest BCUT2D eigenvalue weighted by Crippen LogP contribution is -2.42. The van der Waals surface area contributed by atoms with Gasteiger partial charge in [-0.3, -0.25) is 9.69 Å². The molecule has 144 valence electrons. The summed E-state index contributed by atoms with van der Waals surface area (Å²) in [5.41, 5.74) is 8.13. The Bertz CT molecular complexity index is 754. The predicted molar refractivity (Wildman–Crippen MR) is 110 cm³/mol. The zero-order chi connectivity index (χ0) is 19.4. The molecule has 0 aliphatic carbocycles. The fraction of sp³-hybridized carbons (Fsp3) is 0.381. The van der Waals surface area contributed by atoms with Crippen molar-refractivity contribution in [2.75, 3.05) is 26.7 Å². The third-order valence-electron chi connectivity index (χ3n) is 5.17. The van der Waals surface area contributed by atoms with Gasteiger partial charge in [-0.1, -0.05) is 58.4 Å². The largest absolute Gasteiger partial charge is 0.392 e. The lowest BCUT2D eigenvalue weighted by molar-refractivity contribution is -0.134. The van der Waals surface area contributed by atoms with E-state index in [0.717, 1.165) is 28.6 Å². The molecule has 6 heteroatoms. The second-order valence-corrected chi connectivity index (χ2v) is 8.02. The number of hydrogen-bond acceptors (Lipinski definition) is 4. The van der Waals surface area contributed by atoms with Gasteiger partial charge in [0.15, 0.2) is 0 Å². The van der Waals surface area contributed by atoms with Gasteiger partial charge in [0.25, 0.3) is 0 Å².